The van der Waals surface area contributed by atoms with Gasteiger partial charge in [-0.15, -0.1) is 24.0 Å². The number of benzene rings is 2. The second-order valence-electron chi connectivity index (χ2n) is 6.27. The molecule has 1 aliphatic rings. The van der Waals surface area contributed by atoms with Crippen LogP contribution in [-0.2, 0) is 13.0 Å². The molecule has 140 valence electrons. The summed E-state index contributed by atoms with van der Waals surface area (Å²) in [7, 11) is 1.65. The van der Waals surface area contributed by atoms with Crippen molar-refractivity contribution in [3.63, 3.8) is 0 Å². The van der Waals surface area contributed by atoms with Crippen LogP contribution in [0.1, 0.15) is 17.5 Å². The maximum atomic E-state index is 5.95. The lowest BCUT2D eigenvalue weighted by Crippen LogP contribution is -2.31. The highest BCUT2D eigenvalue weighted by atomic mass is 127. The number of hydrogen-bond donors (Lipinski definition) is 2. The van der Waals surface area contributed by atoms with Crippen molar-refractivity contribution in [2.45, 2.75) is 19.4 Å². The number of rotatable bonds is 6. The molecule has 0 aromatic heterocycles. The molecule has 0 aliphatic carbocycles. The predicted molar refractivity (Wildman–Crippen MR) is 119 cm³/mol. The molecule has 0 bridgehead atoms. The molecule has 0 saturated heterocycles. The topological polar surface area (TPSA) is 62.9 Å². The molecule has 5 nitrogen and oxygen atoms in total. The lowest BCUT2D eigenvalue weighted by Gasteiger charge is -2.28. The molecule has 3 rings (SSSR count). The fourth-order valence-electron chi connectivity index (χ4n) is 3.10. The Labute approximate surface area is 172 Å². The van der Waals surface area contributed by atoms with Gasteiger partial charge in [0.2, 0.25) is 0 Å². The van der Waals surface area contributed by atoms with E-state index in [1.54, 1.807) is 7.11 Å². The van der Waals surface area contributed by atoms with Crippen LogP contribution in [0.5, 0.6) is 5.75 Å². The number of aliphatic imine (C=N–C) groups is 1. The van der Waals surface area contributed by atoms with Gasteiger partial charge in [0, 0.05) is 31.9 Å². The Balaban J connectivity index is 0.00000243. The van der Waals surface area contributed by atoms with Gasteiger partial charge in [0.25, 0.3) is 0 Å². The van der Waals surface area contributed by atoms with Gasteiger partial charge in [-0.3, -0.25) is 9.89 Å². The van der Waals surface area contributed by atoms with Crippen molar-refractivity contribution in [1.82, 2.24) is 4.90 Å². The van der Waals surface area contributed by atoms with Crippen molar-refractivity contribution in [2.75, 3.05) is 32.1 Å². The molecule has 2 aromatic carbocycles. The van der Waals surface area contributed by atoms with E-state index in [-0.39, 0.29) is 24.0 Å². The van der Waals surface area contributed by atoms with E-state index in [0.29, 0.717) is 5.96 Å². The fourth-order valence-corrected chi connectivity index (χ4v) is 3.10. The average Bonchev–Trinajstić information content (AvgIpc) is 2.66. The molecule has 26 heavy (non-hydrogen) atoms. The lowest BCUT2D eigenvalue weighted by atomic mass is 10.00. The molecule has 0 fully saturated rings. The number of methoxy groups -OCH3 is 1. The standard InChI is InChI=1S/C20H26N4O.HI/c1-25-19-9-7-18(8-10-19)23-20(21)22-12-4-13-24-14-11-16-5-2-3-6-17(16)15-24;/h2-3,5-10H,4,11-15H2,1H3,(H3,21,22,23);1H. The third-order valence-corrected chi connectivity index (χ3v) is 4.49. The van der Waals surface area contributed by atoms with Crippen molar-refractivity contribution in [3.8, 4) is 5.75 Å². The molecular formula is C20H27IN4O. The number of halogens is 1. The van der Waals surface area contributed by atoms with Crippen LogP contribution >= 0.6 is 24.0 Å². The van der Waals surface area contributed by atoms with Crippen molar-refractivity contribution in [1.29, 1.82) is 0 Å². The third-order valence-electron chi connectivity index (χ3n) is 4.49. The molecule has 0 atom stereocenters. The minimum Gasteiger partial charge on any atom is -0.497 e. The Hall–Kier alpha value is -1.80. The van der Waals surface area contributed by atoms with Gasteiger partial charge in [-0.1, -0.05) is 24.3 Å². The Morgan fingerprint density at radius 3 is 2.62 bits per heavy atom. The van der Waals surface area contributed by atoms with Crippen LogP contribution in [0.4, 0.5) is 5.69 Å². The normalized spacial score (nSPS) is 14.3. The highest BCUT2D eigenvalue weighted by Gasteiger charge is 2.14. The number of anilines is 1. The molecule has 1 aliphatic heterocycles. The van der Waals surface area contributed by atoms with Gasteiger partial charge in [-0.2, -0.15) is 0 Å². The number of nitrogens with two attached hydrogens (primary N) is 1. The molecule has 0 amide bonds. The maximum absolute atomic E-state index is 5.95. The first kappa shape index (κ1) is 20.5. The van der Waals surface area contributed by atoms with Crippen LogP contribution in [0.2, 0.25) is 0 Å². The highest BCUT2D eigenvalue weighted by Crippen LogP contribution is 2.18. The van der Waals surface area contributed by atoms with Gasteiger partial charge in [0.15, 0.2) is 5.96 Å². The first-order valence-electron chi connectivity index (χ1n) is 8.75. The van der Waals surface area contributed by atoms with E-state index in [9.17, 15) is 0 Å². The summed E-state index contributed by atoms with van der Waals surface area (Å²) in [4.78, 5) is 6.91. The van der Waals surface area contributed by atoms with E-state index in [1.807, 2.05) is 24.3 Å². The fraction of sp³-hybridized carbons (Fsp3) is 0.350. The van der Waals surface area contributed by atoms with Crippen LogP contribution in [-0.4, -0.2) is 37.6 Å². The summed E-state index contributed by atoms with van der Waals surface area (Å²) >= 11 is 0. The minimum absolute atomic E-state index is 0. The summed E-state index contributed by atoms with van der Waals surface area (Å²) in [6, 6.07) is 16.4. The number of nitrogens with zero attached hydrogens (tertiary/aromatic N) is 2. The summed E-state index contributed by atoms with van der Waals surface area (Å²) < 4.78 is 5.14. The molecule has 6 heteroatoms. The summed E-state index contributed by atoms with van der Waals surface area (Å²) in [6.07, 6.45) is 2.15. The quantitative estimate of drug-likeness (QED) is 0.296. The zero-order valence-electron chi connectivity index (χ0n) is 15.1. The smallest absolute Gasteiger partial charge is 0.193 e. The van der Waals surface area contributed by atoms with Gasteiger partial charge < -0.3 is 15.8 Å². The van der Waals surface area contributed by atoms with Crippen molar-refractivity contribution >= 4 is 35.6 Å². The molecule has 2 aromatic rings. The molecule has 3 N–H and O–H groups in total. The second-order valence-corrected chi connectivity index (χ2v) is 6.27. The van der Waals surface area contributed by atoms with Gasteiger partial charge in [0.05, 0.1) is 7.11 Å². The number of guanidine groups is 1. The van der Waals surface area contributed by atoms with Crippen molar-refractivity contribution < 1.29 is 4.74 Å². The minimum atomic E-state index is 0. The zero-order valence-corrected chi connectivity index (χ0v) is 17.5. The van der Waals surface area contributed by atoms with E-state index < -0.39 is 0 Å². The Kier molecular flexibility index (Phi) is 8.18. The van der Waals surface area contributed by atoms with Crippen LogP contribution in [0, 0.1) is 0 Å². The zero-order chi connectivity index (χ0) is 17.5. The van der Waals surface area contributed by atoms with Gasteiger partial charge >= 0.3 is 0 Å². The van der Waals surface area contributed by atoms with Crippen LogP contribution in [0.25, 0.3) is 0 Å². The van der Waals surface area contributed by atoms with Gasteiger partial charge in [-0.05, 0) is 48.2 Å². The molecule has 0 saturated carbocycles. The molecule has 1 heterocycles. The summed E-state index contributed by atoms with van der Waals surface area (Å²) in [5.74, 6) is 1.28. The number of ether oxygens (including phenoxy) is 1. The third kappa shape index (κ3) is 5.88. The lowest BCUT2D eigenvalue weighted by molar-refractivity contribution is 0.253. The van der Waals surface area contributed by atoms with Gasteiger partial charge in [0.1, 0.15) is 5.75 Å². The molecule has 0 spiro atoms. The van der Waals surface area contributed by atoms with Crippen molar-refractivity contribution in [3.05, 3.63) is 59.7 Å². The molecule has 0 unspecified atom stereocenters. The van der Waals surface area contributed by atoms with Crippen LogP contribution in [0.15, 0.2) is 53.5 Å². The first-order valence-corrected chi connectivity index (χ1v) is 8.75. The first-order chi connectivity index (χ1) is 12.2. The Morgan fingerprint density at radius 2 is 1.88 bits per heavy atom. The highest BCUT2D eigenvalue weighted by molar-refractivity contribution is 14.0. The summed E-state index contributed by atoms with van der Waals surface area (Å²) in [6.45, 7) is 3.95. The Morgan fingerprint density at radius 1 is 1.15 bits per heavy atom. The predicted octanol–water partition coefficient (Wildman–Crippen LogP) is 3.49. The summed E-state index contributed by atoms with van der Waals surface area (Å²) in [5.41, 5.74) is 9.81. The maximum Gasteiger partial charge on any atom is 0.193 e. The van der Waals surface area contributed by atoms with Crippen LogP contribution in [0.3, 0.4) is 0 Å². The SMILES string of the molecule is COc1ccc(NC(N)=NCCCN2CCc3ccccc3C2)cc1.I. The van der Waals surface area contributed by atoms with E-state index in [0.717, 1.165) is 50.5 Å². The monoisotopic (exact) mass is 466 g/mol. The average molecular weight is 466 g/mol. The van der Waals surface area contributed by atoms with Crippen LogP contribution < -0.4 is 15.8 Å². The molecule has 0 radical (unpaired) electrons. The van der Waals surface area contributed by atoms with E-state index in [2.05, 4.69) is 39.5 Å². The van der Waals surface area contributed by atoms with Gasteiger partial charge in [-0.25, -0.2) is 0 Å². The number of nitrogens with one attached hydrogen (secondary N) is 1. The van der Waals surface area contributed by atoms with Crippen molar-refractivity contribution in [2.24, 2.45) is 10.7 Å². The number of fused-ring (bicyclic) bond motifs is 1. The largest absolute Gasteiger partial charge is 0.497 e. The number of hydrogen-bond acceptors (Lipinski definition) is 3. The summed E-state index contributed by atoms with van der Waals surface area (Å²) in [5, 5.41) is 3.10. The van der Waals surface area contributed by atoms with E-state index >= 15 is 0 Å². The molecular weight excluding hydrogens is 439 g/mol. The Bertz CT molecular complexity index is 718. The van der Waals surface area contributed by atoms with E-state index in [4.69, 9.17) is 10.5 Å². The van der Waals surface area contributed by atoms with E-state index in [1.165, 1.54) is 11.1 Å². The second kappa shape index (κ2) is 10.4.